The lowest BCUT2D eigenvalue weighted by molar-refractivity contribution is -0.0501. The van der Waals surface area contributed by atoms with Crippen LogP contribution in [0.15, 0.2) is 42.7 Å². The van der Waals surface area contributed by atoms with Crippen molar-refractivity contribution >= 4 is 17.4 Å². The summed E-state index contributed by atoms with van der Waals surface area (Å²) in [6, 6.07) is 7.00. The van der Waals surface area contributed by atoms with Crippen LogP contribution in [-0.2, 0) is 0 Å². The van der Waals surface area contributed by atoms with Gasteiger partial charge >= 0.3 is 6.61 Å². The number of hydrogen-bond donors (Lipinski definition) is 0. The first-order valence-electron chi connectivity index (χ1n) is 5.27. The van der Waals surface area contributed by atoms with Crippen LogP contribution in [0.3, 0.4) is 0 Å². The maximum Gasteiger partial charge on any atom is 0.387 e. The van der Waals surface area contributed by atoms with E-state index < -0.39 is 12.4 Å². The third kappa shape index (κ3) is 3.26. The SMILES string of the molecule is O=C(c1cccnc1)c1cc(Cl)ccc1OC(F)F. The molecule has 2 aromatic rings. The standard InChI is InChI=1S/C13H8ClF2NO2/c14-9-3-4-11(19-13(15)16)10(6-9)12(18)8-2-1-5-17-7-8/h1-7,13H. The number of aromatic nitrogens is 1. The predicted octanol–water partition coefficient (Wildman–Crippen LogP) is 3.57. The van der Waals surface area contributed by atoms with E-state index in [0.29, 0.717) is 0 Å². The van der Waals surface area contributed by atoms with E-state index in [0.717, 1.165) is 0 Å². The van der Waals surface area contributed by atoms with Crippen LogP contribution in [0.25, 0.3) is 0 Å². The molecule has 1 heterocycles. The number of carbonyl (C=O) groups excluding carboxylic acids is 1. The highest BCUT2D eigenvalue weighted by atomic mass is 35.5. The molecule has 0 aliphatic heterocycles. The van der Waals surface area contributed by atoms with Crippen molar-refractivity contribution in [3.8, 4) is 5.75 Å². The predicted molar refractivity (Wildman–Crippen MR) is 65.8 cm³/mol. The molecule has 0 fully saturated rings. The number of rotatable bonds is 4. The van der Waals surface area contributed by atoms with Crippen molar-refractivity contribution in [2.45, 2.75) is 6.61 Å². The number of halogens is 3. The van der Waals surface area contributed by atoms with Crippen LogP contribution in [0.2, 0.25) is 5.02 Å². The van der Waals surface area contributed by atoms with Crippen LogP contribution >= 0.6 is 11.6 Å². The number of ketones is 1. The fourth-order valence-corrected chi connectivity index (χ4v) is 1.70. The van der Waals surface area contributed by atoms with Crippen molar-refractivity contribution in [1.29, 1.82) is 0 Å². The molecule has 0 bridgehead atoms. The van der Waals surface area contributed by atoms with Crippen molar-refractivity contribution in [2.75, 3.05) is 0 Å². The molecule has 98 valence electrons. The Kier molecular flexibility index (Phi) is 4.06. The zero-order valence-corrected chi connectivity index (χ0v) is 10.3. The van der Waals surface area contributed by atoms with Gasteiger partial charge in [0.1, 0.15) is 5.75 Å². The number of benzene rings is 1. The zero-order valence-electron chi connectivity index (χ0n) is 9.52. The third-order valence-corrected chi connectivity index (χ3v) is 2.56. The molecule has 0 saturated heterocycles. The van der Waals surface area contributed by atoms with Gasteiger partial charge in [-0.05, 0) is 30.3 Å². The van der Waals surface area contributed by atoms with Crippen LogP contribution < -0.4 is 4.74 Å². The molecule has 3 nitrogen and oxygen atoms in total. The minimum Gasteiger partial charge on any atom is -0.434 e. The van der Waals surface area contributed by atoms with Gasteiger partial charge < -0.3 is 4.74 Å². The molecule has 0 unspecified atom stereocenters. The minimum absolute atomic E-state index is 0.0270. The number of hydrogen-bond acceptors (Lipinski definition) is 3. The molecular formula is C13H8ClF2NO2. The number of alkyl halides is 2. The molecule has 0 radical (unpaired) electrons. The minimum atomic E-state index is -3.01. The molecule has 19 heavy (non-hydrogen) atoms. The fraction of sp³-hybridized carbons (Fsp3) is 0.0769. The zero-order chi connectivity index (χ0) is 13.8. The molecule has 1 aromatic carbocycles. The van der Waals surface area contributed by atoms with Gasteiger partial charge in [-0.15, -0.1) is 0 Å². The van der Waals surface area contributed by atoms with E-state index in [-0.39, 0.29) is 21.9 Å². The molecule has 6 heteroatoms. The van der Waals surface area contributed by atoms with Gasteiger partial charge in [-0.2, -0.15) is 8.78 Å². The van der Waals surface area contributed by atoms with E-state index in [4.69, 9.17) is 11.6 Å². The molecule has 0 N–H and O–H groups in total. The molecule has 0 spiro atoms. The maximum absolute atomic E-state index is 12.3. The van der Waals surface area contributed by atoms with Crippen molar-refractivity contribution in [3.63, 3.8) is 0 Å². The first-order chi connectivity index (χ1) is 9.08. The summed E-state index contributed by atoms with van der Waals surface area (Å²) in [5.74, 6) is -0.695. The van der Waals surface area contributed by atoms with Crippen LogP contribution in [0, 0.1) is 0 Å². The molecule has 0 atom stereocenters. The summed E-state index contributed by atoms with van der Waals surface area (Å²) in [4.78, 5) is 16.0. The van der Waals surface area contributed by atoms with Gasteiger partial charge in [-0.3, -0.25) is 9.78 Å². The highest BCUT2D eigenvalue weighted by Crippen LogP contribution is 2.26. The first kappa shape index (κ1) is 13.4. The van der Waals surface area contributed by atoms with E-state index in [1.807, 2.05) is 0 Å². The second kappa shape index (κ2) is 5.75. The van der Waals surface area contributed by atoms with Crippen molar-refractivity contribution in [1.82, 2.24) is 4.98 Å². The monoisotopic (exact) mass is 283 g/mol. The average Bonchev–Trinajstić information content (AvgIpc) is 2.40. The van der Waals surface area contributed by atoms with Gasteiger partial charge in [0.15, 0.2) is 5.78 Å². The van der Waals surface area contributed by atoms with Gasteiger partial charge in [-0.1, -0.05) is 11.6 Å². The van der Waals surface area contributed by atoms with Crippen molar-refractivity contribution in [2.24, 2.45) is 0 Å². The number of nitrogens with zero attached hydrogens (tertiary/aromatic N) is 1. The van der Waals surface area contributed by atoms with Gasteiger partial charge in [0.05, 0.1) is 5.56 Å². The van der Waals surface area contributed by atoms with Crippen molar-refractivity contribution < 1.29 is 18.3 Å². The Morgan fingerprint density at radius 3 is 2.74 bits per heavy atom. The van der Waals surface area contributed by atoms with E-state index >= 15 is 0 Å². The molecular weight excluding hydrogens is 276 g/mol. The van der Waals surface area contributed by atoms with E-state index in [9.17, 15) is 13.6 Å². The van der Waals surface area contributed by atoms with Crippen LogP contribution in [-0.4, -0.2) is 17.4 Å². The van der Waals surface area contributed by atoms with E-state index in [1.165, 1.54) is 36.7 Å². The molecule has 0 amide bonds. The summed E-state index contributed by atoms with van der Waals surface area (Å²) in [6.07, 6.45) is 2.85. The summed E-state index contributed by atoms with van der Waals surface area (Å²) < 4.78 is 28.9. The molecule has 0 saturated carbocycles. The fourth-order valence-electron chi connectivity index (χ4n) is 1.53. The lowest BCUT2D eigenvalue weighted by atomic mass is 10.0. The number of ether oxygens (including phenoxy) is 1. The maximum atomic E-state index is 12.3. The van der Waals surface area contributed by atoms with Crippen LogP contribution in [0.1, 0.15) is 15.9 Å². The van der Waals surface area contributed by atoms with Gasteiger partial charge in [0.2, 0.25) is 0 Å². The second-order valence-corrected chi connectivity index (χ2v) is 4.03. The van der Waals surface area contributed by atoms with Gasteiger partial charge in [0.25, 0.3) is 0 Å². The second-order valence-electron chi connectivity index (χ2n) is 3.59. The first-order valence-corrected chi connectivity index (χ1v) is 5.65. The van der Waals surface area contributed by atoms with E-state index in [2.05, 4.69) is 9.72 Å². The molecule has 1 aromatic heterocycles. The summed E-state index contributed by atoms with van der Waals surface area (Å²) in [5.41, 5.74) is 0.240. The van der Waals surface area contributed by atoms with Crippen LogP contribution in [0.4, 0.5) is 8.78 Å². The lowest BCUT2D eigenvalue weighted by Gasteiger charge is -2.10. The van der Waals surface area contributed by atoms with Gasteiger partial charge in [-0.25, -0.2) is 0 Å². The molecule has 0 aliphatic rings. The largest absolute Gasteiger partial charge is 0.434 e. The Morgan fingerprint density at radius 2 is 2.11 bits per heavy atom. The lowest BCUT2D eigenvalue weighted by Crippen LogP contribution is -2.09. The van der Waals surface area contributed by atoms with Gasteiger partial charge in [0, 0.05) is 23.0 Å². The normalized spacial score (nSPS) is 10.5. The summed E-state index contributed by atoms with van der Waals surface area (Å²) in [7, 11) is 0. The molecule has 2 rings (SSSR count). The highest BCUT2D eigenvalue weighted by Gasteiger charge is 2.18. The average molecular weight is 284 g/mol. The Morgan fingerprint density at radius 1 is 1.32 bits per heavy atom. The topological polar surface area (TPSA) is 39.2 Å². The summed E-state index contributed by atoms with van der Waals surface area (Å²) in [5, 5.41) is 0.258. The van der Waals surface area contributed by atoms with Crippen molar-refractivity contribution in [3.05, 3.63) is 58.9 Å². The summed E-state index contributed by atoms with van der Waals surface area (Å²) >= 11 is 5.77. The Labute approximate surface area is 112 Å². The smallest absolute Gasteiger partial charge is 0.387 e. The quantitative estimate of drug-likeness (QED) is 0.805. The Bertz CT molecular complexity index is 590. The molecule has 0 aliphatic carbocycles. The summed E-state index contributed by atoms with van der Waals surface area (Å²) in [6.45, 7) is -3.01. The number of pyridine rings is 1. The van der Waals surface area contributed by atoms with Crippen LogP contribution in [0.5, 0.6) is 5.75 Å². The Balaban J connectivity index is 2.43. The Hall–Kier alpha value is -2.01. The highest BCUT2D eigenvalue weighted by molar-refractivity contribution is 6.31. The third-order valence-electron chi connectivity index (χ3n) is 2.33. The van der Waals surface area contributed by atoms with E-state index in [1.54, 1.807) is 6.07 Å². The number of carbonyl (C=O) groups is 1.